The van der Waals surface area contributed by atoms with Crippen molar-refractivity contribution < 1.29 is 4.74 Å². The molecule has 1 fully saturated rings. The Labute approximate surface area is 119 Å². The fourth-order valence-corrected chi connectivity index (χ4v) is 2.92. The highest BCUT2D eigenvalue weighted by Gasteiger charge is 2.28. The van der Waals surface area contributed by atoms with Crippen LogP contribution < -0.4 is 10.6 Å². The van der Waals surface area contributed by atoms with Gasteiger partial charge in [-0.3, -0.25) is 4.98 Å². The lowest BCUT2D eigenvalue weighted by Gasteiger charge is -2.40. The maximum absolute atomic E-state index is 6.23. The molecule has 1 aromatic carbocycles. The van der Waals surface area contributed by atoms with Crippen molar-refractivity contribution in [3.8, 4) is 0 Å². The molecule has 0 amide bonds. The third-order valence-corrected chi connectivity index (χ3v) is 4.00. The smallest absolute Gasteiger partial charge is 0.0745 e. The van der Waals surface area contributed by atoms with Gasteiger partial charge in [0.1, 0.15) is 0 Å². The van der Waals surface area contributed by atoms with Gasteiger partial charge in [-0.25, -0.2) is 0 Å². The summed E-state index contributed by atoms with van der Waals surface area (Å²) < 4.78 is 5.79. The first-order valence-electron chi connectivity index (χ1n) is 7.22. The van der Waals surface area contributed by atoms with E-state index in [0.29, 0.717) is 6.04 Å². The van der Waals surface area contributed by atoms with Crippen molar-refractivity contribution in [1.82, 2.24) is 4.98 Å². The van der Waals surface area contributed by atoms with E-state index in [9.17, 15) is 0 Å². The number of anilines is 2. The van der Waals surface area contributed by atoms with E-state index in [2.05, 4.69) is 29.8 Å². The van der Waals surface area contributed by atoms with Gasteiger partial charge in [0.2, 0.25) is 0 Å². The van der Waals surface area contributed by atoms with Gasteiger partial charge in [-0.15, -0.1) is 0 Å². The van der Waals surface area contributed by atoms with Crippen molar-refractivity contribution in [2.45, 2.75) is 32.4 Å². The lowest BCUT2D eigenvalue weighted by atomic mass is 10.1. The molecule has 0 radical (unpaired) electrons. The number of nitrogen functional groups attached to an aromatic ring is 1. The molecule has 1 aliphatic heterocycles. The summed E-state index contributed by atoms with van der Waals surface area (Å²) in [5.41, 5.74) is 9.08. The molecule has 2 atom stereocenters. The number of benzene rings is 1. The number of fused-ring (bicyclic) bond motifs is 1. The molecule has 4 heteroatoms. The highest BCUT2D eigenvalue weighted by Crippen LogP contribution is 2.34. The van der Waals surface area contributed by atoms with Crippen LogP contribution >= 0.6 is 0 Å². The molecule has 2 unspecified atom stereocenters. The number of ether oxygens (including phenoxy) is 1. The number of aromatic nitrogens is 1. The van der Waals surface area contributed by atoms with Crippen LogP contribution in [0.3, 0.4) is 0 Å². The largest absolute Gasteiger partial charge is 0.396 e. The zero-order valence-corrected chi connectivity index (χ0v) is 12.0. The fourth-order valence-electron chi connectivity index (χ4n) is 2.92. The molecule has 4 nitrogen and oxygen atoms in total. The van der Waals surface area contributed by atoms with E-state index in [1.54, 1.807) is 6.20 Å². The normalized spacial score (nSPS) is 23.2. The van der Waals surface area contributed by atoms with E-state index < -0.39 is 0 Å². The van der Waals surface area contributed by atoms with Gasteiger partial charge in [-0.05, 0) is 19.4 Å². The Morgan fingerprint density at radius 3 is 3.00 bits per heavy atom. The van der Waals surface area contributed by atoms with Crippen molar-refractivity contribution in [1.29, 1.82) is 0 Å². The van der Waals surface area contributed by atoms with Crippen molar-refractivity contribution in [2.24, 2.45) is 0 Å². The van der Waals surface area contributed by atoms with E-state index in [1.807, 2.05) is 18.2 Å². The summed E-state index contributed by atoms with van der Waals surface area (Å²) in [5, 5.41) is 1.13. The first-order chi connectivity index (χ1) is 9.70. The molecule has 1 aromatic heterocycles. The molecule has 0 saturated carbocycles. The lowest BCUT2D eigenvalue weighted by molar-refractivity contribution is 0.0301. The number of hydrogen-bond donors (Lipinski definition) is 1. The summed E-state index contributed by atoms with van der Waals surface area (Å²) in [6.07, 6.45) is 3.04. The molecule has 2 heterocycles. The maximum Gasteiger partial charge on any atom is 0.0745 e. The number of nitrogens with zero attached hydrogens (tertiary/aromatic N) is 2. The quantitative estimate of drug-likeness (QED) is 0.912. The molecule has 106 valence electrons. The summed E-state index contributed by atoms with van der Waals surface area (Å²) in [6.45, 7) is 5.93. The predicted molar refractivity (Wildman–Crippen MR) is 83.0 cm³/mol. The van der Waals surface area contributed by atoms with Gasteiger partial charge in [0.25, 0.3) is 0 Å². The highest BCUT2D eigenvalue weighted by molar-refractivity contribution is 5.97. The minimum absolute atomic E-state index is 0.226. The third kappa shape index (κ3) is 2.20. The van der Waals surface area contributed by atoms with E-state index in [0.717, 1.165) is 41.9 Å². The zero-order valence-electron chi connectivity index (χ0n) is 12.0. The second kappa shape index (κ2) is 5.29. The molecule has 1 saturated heterocycles. The Kier molecular flexibility index (Phi) is 3.49. The average molecular weight is 271 g/mol. The Balaban J connectivity index is 2.14. The maximum atomic E-state index is 6.23. The molecular formula is C16H21N3O. The molecule has 1 aliphatic rings. The standard InChI is InChI=1S/C16H21N3O/c1-3-12-10-20-11(2)9-19(12)16-13-6-4-5-7-15(13)18-8-14(16)17/h4-8,11-12H,3,9-10,17H2,1-2H3. The zero-order chi connectivity index (χ0) is 14.1. The molecule has 20 heavy (non-hydrogen) atoms. The molecular weight excluding hydrogens is 250 g/mol. The van der Waals surface area contributed by atoms with Gasteiger partial charge in [0.15, 0.2) is 0 Å². The molecule has 0 spiro atoms. The average Bonchev–Trinajstić information content (AvgIpc) is 2.47. The Morgan fingerprint density at radius 1 is 1.40 bits per heavy atom. The minimum Gasteiger partial charge on any atom is -0.396 e. The number of hydrogen-bond acceptors (Lipinski definition) is 4. The molecule has 2 N–H and O–H groups in total. The summed E-state index contributed by atoms with van der Waals surface area (Å²) in [5.74, 6) is 0. The second-order valence-electron chi connectivity index (χ2n) is 5.44. The van der Waals surface area contributed by atoms with E-state index in [1.165, 1.54) is 0 Å². The van der Waals surface area contributed by atoms with Gasteiger partial charge in [-0.2, -0.15) is 0 Å². The lowest BCUT2D eigenvalue weighted by Crippen LogP contribution is -2.49. The van der Waals surface area contributed by atoms with Gasteiger partial charge in [0.05, 0.1) is 41.8 Å². The number of para-hydroxylation sites is 1. The third-order valence-electron chi connectivity index (χ3n) is 4.00. The van der Waals surface area contributed by atoms with Gasteiger partial charge < -0.3 is 15.4 Å². The number of morpholine rings is 1. The van der Waals surface area contributed by atoms with Crippen LogP contribution in [0.1, 0.15) is 20.3 Å². The molecule has 0 aliphatic carbocycles. The van der Waals surface area contributed by atoms with Crippen molar-refractivity contribution in [2.75, 3.05) is 23.8 Å². The SMILES string of the molecule is CCC1COC(C)CN1c1c(N)cnc2ccccc12. The molecule has 2 aromatic rings. The number of nitrogens with two attached hydrogens (primary N) is 1. The Morgan fingerprint density at radius 2 is 2.20 bits per heavy atom. The Bertz CT molecular complexity index is 614. The summed E-state index contributed by atoms with van der Waals surface area (Å²) in [4.78, 5) is 6.82. The topological polar surface area (TPSA) is 51.4 Å². The van der Waals surface area contributed by atoms with E-state index in [4.69, 9.17) is 10.5 Å². The highest BCUT2D eigenvalue weighted by atomic mass is 16.5. The van der Waals surface area contributed by atoms with E-state index in [-0.39, 0.29) is 6.10 Å². The van der Waals surface area contributed by atoms with Crippen LogP contribution in [0, 0.1) is 0 Å². The summed E-state index contributed by atoms with van der Waals surface area (Å²) in [6, 6.07) is 8.55. The van der Waals surface area contributed by atoms with Gasteiger partial charge in [0, 0.05) is 11.9 Å². The number of rotatable bonds is 2. The van der Waals surface area contributed by atoms with Crippen LogP contribution in [0.25, 0.3) is 10.9 Å². The van der Waals surface area contributed by atoms with Crippen molar-refractivity contribution in [3.63, 3.8) is 0 Å². The van der Waals surface area contributed by atoms with Crippen LogP contribution in [0.2, 0.25) is 0 Å². The van der Waals surface area contributed by atoms with Crippen LogP contribution in [0.4, 0.5) is 11.4 Å². The van der Waals surface area contributed by atoms with Gasteiger partial charge >= 0.3 is 0 Å². The first-order valence-corrected chi connectivity index (χ1v) is 7.22. The monoisotopic (exact) mass is 271 g/mol. The molecule has 3 rings (SSSR count). The fraction of sp³-hybridized carbons (Fsp3) is 0.438. The van der Waals surface area contributed by atoms with Crippen LogP contribution in [-0.4, -0.2) is 30.3 Å². The van der Waals surface area contributed by atoms with Crippen molar-refractivity contribution in [3.05, 3.63) is 30.5 Å². The van der Waals surface area contributed by atoms with E-state index >= 15 is 0 Å². The second-order valence-corrected chi connectivity index (χ2v) is 5.44. The predicted octanol–water partition coefficient (Wildman–Crippen LogP) is 2.82. The summed E-state index contributed by atoms with van der Waals surface area (Å²) >= 11 is 0. The minimum atomic E-state index is 0.226. The molecule has 0 bridgehead atoms. The van der Waals surface area contributed by atoms with Gasteiger partial charge in [-0.1, -0.05) is 25.1 Å². The van der Waals surface area contributed by atoms with Crippen molar-refractivity contribution >= 4 is 22.3 Å². The number of pyridine rings is 1. The van der Waals surface area contributed by atoms with Crippen LogP contribution in [-0.2, 0) is 4.74 Å². The summed E-state index contributed by atoms with van der Waals surface area (Å²) in [7, 11) is 0. The first kappa shape index (κ1) is 13.2. The Hall–Kier alpha value is -1.81. The van der Waals surface area contributed by atoms with Crippen LogP contribution in [0.5, 0.6) is 0 Å². The van der Waals surface area contributed by atoms with Crippen LogP contribution in [0.15, 0.2) is 30.5 Å².